The highest BCUT2D eigenvalue weighted by Gasteiger charge is 2.29. The topological polar surface area (TPSA) is 70.6 Å². The van der Waals surface area contributed by atoms with Gasteiger partial charge < -0.3 is 5.73 Å². The number of nitrogens with one attached hydrogen (secondary N) is 1. The predicted molar refractivity (Wildman–Crippen MR) is 51.7 cm³/mol. The van der Waals surface area contributed by atoms with E-state index in [-0.39, 0.29) is 12.5 Å². The SMILES string of the molecule is NC(=NCc1ccc(C(F)(F)F)cc1)NO. The first-order chi connectivity index (χ1) is 7.43. The van der Waals surface area contributed by atoms with Crippen LogP contribution in [0.5, 0.6) is 0 Å². The van der Waals surface area contributed by atoms with Crippen molar-refractivity contribution in [2.75, 3.05) is 0 Å². The molecule has 0 aliphatic rings. The van der Waals surface area contributed by atoms with Gasteiger partial charge in [-0.1, -0.05) is 12.1 Å². The van der Waals surface area contributed by atoms with Crippen molar-refractivity contribution >= 4 is 5.96 Å². The summed E-state index contributed by atoms with van der Waals surface area (Å²) in [5, 5.41) is 8.31. The Morgan fingerprint density at radius 1 is 1.31 bits per heavy atom. The summed E-state index contributed by atoms with van der Waals surface area (Å²) in [6, 6.07) is 4.54. The van der Waals surface area contributed by atoms with Crippen molar-refractivity contribution in [3.8, 4) is 0 Å². The summed E-state index contributed by atoms with van der Waals surface area (Å²) in [5.74, 6) is -0.195. The minimum Gasteiger partial charge on any atom is -0.368 e. The monoisotopic (exact) mass is 233 g/mol. The fourth-order valence-corrected chi connectivity index (χ4v) is 1.01. The highest BCUT2D eigenvalue weighted by atomic mass is 19.4. The third-order valence-corrected chi connectivity index (χ3v) is 1.83. The van der Waals surface area contributed by atoms with Gasteiger partial charge in [0.15, 0.2) is 0 Å². The first-order valence-corrected chi connectivity index (χ1v) is 4.29. The van der Waals surface area contributed by atoms with Gasteiger partial charge in [-0.15, -0.1) is 0 Å². The number of aliphatic imine (C=N–C) groups is 1. The number of alkyl halides is 3. The molecule has 88 valence electrons. The van der Waals surface area contributed by atoms with E-state index in [0.29, 0.717) is 5.56 Å². The second-order valence-electron chi connectivity index (χ2n) is 3.01. The van der Waals surface area contributed by atoms with Crippen molar-refractivity contribution in [1.82, 2.24) is 5.48 Å². The molecule has 1 aromatic carbocycles. The van der Waals surface area contributed by atoms with Crippen LogP contribution in [0, 0.1) is 0 Å². The van der Waals surface area contributed by atoms with Crippen molar-refractivity contribution in [2.24, 2.45) is 10.7 Å². The molecule has 4 nitrogen and oxygen atoms in total. The summed E-state index contributed by atoms with van der Waals surface area (Å²) in [4.78, 5) is 3.66. The molecule has 0 spiro atoms. The van der Waals surface area contributed by atoms with Crippen LogP contribution in [-0.4, -0.2) is 11.2 Å². The van der Waals surface area contributed by atoms with Gasteiger partial charge in [-0.05, 0) is 17.7 Å². The van der Waals surface area contributed by atoms with E-state index in [4.69, 9.17) is 10.9 Å². The third kappa shape index (κ3) is 3.43. The average Bonchev–Trinajstić information content (AvgIpc) is 2.25. The molecular weight excluding hydrogens is 223 g/mol. The zero-order valence-corrected chi connectivity index (χ0v) is 8.12. The van der Waals surface area contributed by atoms with Gasteiger partial charge in [-0.25, -0.2) is 10.5 Å². The van der Waals surface area contributed by atoms with Crippen LogP contribution in [0.25, 0.3) is 0 Å². The standard InChI is InChI=1S/C9H10F3N3O/c10-9(11,12)7-3-1-6(2-4-7)5-14-8(13)15-16/h1-4,16H,5H2,(H3,13,14,15). The second kappa shape index (κ2) is 4.84. The van der Waals surface area contributed by atoms with Gasteiger partial charge in [0.1, 0.15) is 0 Å². The number of benzene rings is 1. The Balaban J connectivity index is 2.73. The Kier molecular flexibility index (Phi) is 3.73. The number of guanidine groups is 1. The van der Waals surface area contributed by atoms with Crippen molar-refractivity contribution in [3.05, 3.63) is 35.4 Å². The lowest BCUT2D eigenvalue weighted by Gasteiger charge is -2.06. The Morgan fingerprint density at radius 2 is 1.88 bits per heavy atom. The molecular formula is C9H10F3N3O. The summed E-state index contributed by atoms with van der Waals surface area (Å²) in [6.07, 6.45) is -4.34. The molecule has 0 aromatic heterocycles. The second-order valence-corrected chi connectivity index (χ2v) is 3.01. The maximum Gasteiger partial charge on any atom is 0.416 e. The molecule has 0 bridgehead atoms. The fraction of sp³-hybridized carbons (Fsp3) is 0.222. The fourth-order valence-electron chi connectivity index (χ4n) is 1.01. The van der Waals surface area contributed by atoms with Gasteiger partial charge in [0.25, 0.3) is 0 Å². The summed E-state index contributed by atoms with van der Waals surface area (Å²) >= 11 is 0. The minimum absolute atomic E-state index is 0.0948. The number of hydroxylamine groups is 1. The number of halogens is 3. The number of hydrogen-bond donors (Lipinski definition) is 3. The molecule has 1 rings (SSSR count). The first-order valence-electron chi connectivity index (χ1n) is 4.29. The Morgan fingerprint density at radius 3 is 2.31 bits per heavy atom. The van der Waals surface area contributed by atoms with Crippen LogP contribution >= 0.6 is 0 Å². The lowest BCUT2D eigenvalue weighted by atomic mass is 10.1. The van der Waals surface area contributed by atoms with Crippen LogP contribution in [-0.2, 0) is 12.7 Å². The molecule has 0 saturated heterocycles. The molecule has 0 aliphatic carbocycles. The summed E-state index contributed by atoms with van der Waals surface area (Å²) in [6.45, 7) is 0.0948. The number of hydrogen-bond acceptors (Lipinski definition) is 2. The van der Waals surface area contributed by atoms with Crippen LogP contribution in [0.1, 0.15) is 11.1 Å². The van der Waals surface area contributed by atoms with Gasteiger partial charge >= 0.3 is 6.18 Å². The molecule has 0 atom stereocenters. The van der Waals surface area contributed by atoms with E-state index in [1.807, 2.05) is 0 Å². The lowest BCUT2D eigenvalue weighted by Crippen LogP contribution is -2.28. The van der Waals surface area contributed by atoms with Crippen LogP contribution in [0.3, 0.4) is 0 Å². The van der Waals surface area contributed by atoms with Crippen LogP contribution in [0.4, 0.5) is 13.2 Å². The zero-order valence-electron chi connectivity index (χ0n) is 8.12. The molecule has 16 heavy (non-hydrogen) atoms. The first kappa shape index (κ1) is 12.3. The van der Waals surface area contributed by atoms with E-state index in [1.54, 1.807) is 5.48 Å². The van der Waals surface area contributed by atoms with Crippen molar-refractivity contribution in [1.29, 1.82) is 0 Å². The van der Waals surface area contributed by atoms with E-state index < -0.39 is 11.7 Å². The Labute approximate surface area is 89.6 Å². The van der Waals surface area contributed by atoms with Gasteiger partial charge in [0.2, 0.25) is 5.96 Å². The van der Waals surface area contributed by atoms with Crippen molar-refractivity contribution in [3.63, 3.8) is 0 Å². The van der Waals surface area contributed by atoms with Gasteiger partial charge in [-0.3, -0.25) is 5.21 Å². The van der Waals surface area contributed by atoms with Crippen molar-refractivity contribution < 1.29 is 18.4 Å². The average molecular weight is 233 g/mol. The minimum atomic E-state index is -4.34. The quantitative estimate of drug-likeness (QED) is 0.412. The smallest absolute Gasteiger partial charge is 0.368 e. The number of nitrogens with zero attached hydrogens (tertiary/aromatic N) is 1. The van der Waals surface area contributed by atoms with E-state index in [2.05, 4.69) is 4.99 Å². The Hall–Kier alpha value is -1.76. The lowest BCUT2D eigenvalue weighted by molar-refractivity contribution is -0.137. The van der Waals surface area contributed by atoms with E-state index in [1.165, 1.54) is 12.1 Å². The Bertz CT molecular complexity index is 373. The summed E-state index contributed by atoms with van der Waals surface area (Å²) < 4.78 is 36.6. The summed E-state index contributed by atoms with van der Waals surface area (Å²) in [7, 11) is 0. The molecule has 7 heteroatoms. The summed E-state index contributed by atoms with van der Waals surface area (Å²) in [5.41, 5.74) is 6.59. The molecule has 0 amide bonds. The van der Waals surface area contributed by atoms with E-state index in [9.17, 15) is 13.2 Å². The third-order valence-electron chi connectivity index (χ3n) is 1.83. The molecule has 0 fully saturated rings. The highest BCUT2D eigenvalue weighted by Crippen LogP contribution is 2.29. The van der Waals surface area contributed by atoms with E-state index >= 15 is 0 Å². The van der Waals surface area contributed by atoms with Crippen LogP contribution < -0.4 is 11.2 Å². The zero-order chi connectivity index (χ0) is 12.2. The number of nitrogens with two attached hydrogens (primary N) is 1. The molecule has 0 saturated carbocycles. The molecule has 0 radical (unpaired) electrons. The largest absolute Gasteiger partial charge is 0.416 e. The maximum absolute atomic E-state index is 12.2. The van der Waals surface area contributed by atoms with E-state index in [0.717, 1.165) is 12.1 Å². The van der Waals surface area contributed by atoms with Crippen LogP contribution in [0.15, 0.2) is 29.3 Å². The van der Waals surface area contributed by atoms with Gasteiger partial charge in [-0.2, -0.15) is 13.2 Å². The maximum atomic E-state index is 12.2. The highest BCUT2D eigenvalue weighted by molar-refractivity contribution is 5.76. The molecule has 0 aliphatic heterocycles. The van der Waals surface area contributed by atoms with Crippen molar-refractivity contribution in [2.45, 2.75) is 12.7 Å². The predicted octanol–water partition coefficient (Wildman–Crippen LogP) is 1.50. The molecule has 0 unspecified atom stereocenters. The normalized spacial score (nSPS) is 12.6. The molecule has 0 heterocycles. The van der Waals surface area contributed by atoms with Crippen LogP contribution in [0.2, 0.25) is 0 Å². The van der Waals surface area contributed by atoms with Gasteiger partial charge in [0, 0.05) is 0 Å². The number of rotatable bonds is 2. The van der Waals surface area contributed by atoms with Gasteiger partial charge in [0.05, 0.1) is 12.1 Å². The molecule has 1 aromatic rings. The molecule has 4 N–H and O–H groups in total.